The van der Waals surface area contributed by atoms with Crippen molar-refractivity contribution in [2.24, 2.45) is 10.9 Å². The quantitative estimate of drug-likeness (QED) is 0.712. The van der Waals surface area contributed by atoms with Crippen LogP contribution in [0.1, 0.15) is 58.6 Å². The molecule has 2 amide bonds. The van der Waals surface area contributed by atoms with Crippen molar-refractivity contribution in [1.82, 2.24) is 4.98 Å². The lowest BCUT2D eigenvalue weighted by Crippen LogP contribution is -2.40. The van der Waals surface area contributed by atoms with E-state index >= 15 is 0 Å². The Morgan fingerprint density at radius 3 is 2.18 bits per heavy atom. The van der Waals surface area contributed by atoms with Gasteiger partial charge in [0.05, 0.1) is 11.1 Å². The number of hydrogen-bond acceptors (Lipinski definition) is 6. The summed E-state index contributed by atoms with van der Waals surface area (Å²) in [4.78, 5) is 30.8. The van der Waals surface area contributed by atoms with Crippen LogP contribution in [0.2, 0.25) is 0 Å². The third-order valence-electron chi connectivity index (χ3n) is 4.78. The van der Waals surface area contributed by atoms with Crippen molar-refractivity contribution in [2.45, 2.75) is 49.5 Å². The molecule has 1 aromatic heterocycles. The predicted octanol–water partition coefficient (Wildman–Crippen LogP) is 2.26. The van der Waals surface area contributed by atoms with Gasteiger partial charge in [0, 0.05) is 11.6 Å². The van der Waals surface area contributed by atoms with Gasteiger partial charge in [-0.25, -0.2) is 18.5 Å². The molecule has 0 atom stereocenters. The van der Waals surface area contributed by atoms with Gasteiger partial charge in [-0.05, 0) is 37.1 Å². The Kier molecular flexibility index (Phi) is 6.11. The molecule has 1 saturated carbocycles. The van der Waals surface area contributed by atoms with Gasteiger partial charge in [0.2, 0.25) is 10.0 Å². The smallest absolute Gasteiger partial charge is 0.260 e. The van der Waals surface area contributed by atoms with Crippen molar-refractivity contribution < 1.29 is 18.0 Å². The average molecular weight is 423 g/mol. The number of carbonyl (C=O) groups excluding carboxylic acids is 2. The molecular weight excluding hydrogens is 400 g/mol. The standard InChI is InChI=1S/C18H22N4O4S2/c19-16(23)15-11-21-18(27-15)22(13-5-3-1-2-4-6-13)17(24)12-7-9-14(10-8-12)28(20,25)26/h7-11,13H,1-6H2,(H2,19,23)(H2,20,25,26). The van der Waals surface area contributed by atoms with Crippen LogP contribution in [-0.2, 0) is 10.0 Å². The van der Waals surface area contributed by atoms with Gasteiger partial charge in [-0.15, -0.1) is 0 Å². The zero-order valence-electron chi connectivity index (χ0n) is 15.2. The average Bonchev–Trinajstić information content (AvgIpc) is 2.98. The fourth-order valence-corrected chi connectivity index (χ4v) is 4.70. The lowest BCUT2D eigenvalue weighted by molar-refractivity contribution is 0.0971. The predicted molar refractivity (Wildman–Crippen MR) is 107 cm³/mol. The topological polar surface area (TPSA) is 136 Å². The van der Waals surface area contributed by atoms with Crippen LogP contribution in [0.5, 0.6) is 0 Å². The van der Waals surface area contributed by atoms with Crippen molar-refractivity contribution >= 4 is 38.3 Å². The third-order valence-corrected chi connectivity index (χ3v) is 6.72. The summed E-state index contributed by atoms with van der Waals surface area (Å²) < 4.78 is 22.9. The molecule has 150 valence electrons. The number of rotatable bonds is 5. The molecule has 10 heteroatoms. The largest absolute Gasteiger partial charge is 0.365 e. The normalized spacial score (nSPS) is 15.8. The molecule has 0 aliphatic heterocycles. The summed E-state index contributed by atoms with van der Waals surface area (Å²) in [5.74, 6) is -0.882. The molecule has 1 fully saturated rings. The highest BCUT2D eigenvalue weighted by atomic mass is 32.2. The van der Waals surface area contributed by atoms with Gasteiger partial charge in [0.15, 0.2) is 5.13 Å². The van der Waals surface area contributed by atoms with Gasteiger partial charge in [0.1, 0.15) is 4.88 Å². The van der Waals surface area contributed by atoms with Crippen LogP contribution < -0.4 is 15.8 Å². The number of hydrogen-bond donors (Lipinski definition) is 2. The molecule has 2 aromatic rings. The number of nitrogens with zero attached hydrogens (tertiary/aromatic N) is 2. The zero-order chi connectivity index (χ0) is 20.3. The monoisotopic (exact) mass is 422 g/mol. The summed E-state index contributed by atoms with van der Waals surface area (Å²) in [5, 5.41) is 5.54. The van der Waals surface area contributed by atoms with Gasteiger partial charge >= 0.3 is 0 Å². The lowest BCUT2D eigenvalue weighted by atomic mass is 10.1. The van der Waals surface area contributed by atoms with E-state index in [1.54, 1.807) is 4.90 Å². The maximum Gasteiger partial charge on any atom is 0.260 e. The highest BCUT2D eigenvalue weighted by Crippen LogP contribution is 2.31. The highest BCUT2D eigenvalue weighted by Gasteiger charge is 2.30. The number of thiazole rings is 1. The second-order valence-electron chi connectivity index (χ2n) is 6.76. The molecule has 1 aliphatic rings. The molecule has 0 bridgehead atoms. The second-order valence-corrected chi connectivity index (χ2v) is 9.33. The zero-order valence-corrected chi connectivity index (χ0v) is 16.8. The minimum atomic E-state index is -3.84. The summed E-state index contributed by atoms with van der Waals surface area (Å²) >= 11 is 1.08. The van der Waals surface area contributed by atoms with Gasteiger partial charge in [-0.2, -0.15) is 0 Å². The Labute approximate surface area is 167 Å². The molecule has 0 radical (unpaired) electrons. The molecule has 3 rings (SSSR count). The van der Waals surface area contributed by atoms with Crippen molar-refractivity contribution in [3.8, 4) is 0 Å². The first kappa shape index (κ1) is 20.4. The Balaban J connectivity index is 1.97. The molecule has 1 aromatic carbocycles. The summed E-state index contributed by atoms with van der Waals surface area (Å²) in [6, 6.07) is 5.46. The molecule has 0 spiro atoms. The molecule has 4 N–H and O–H groups in total. The SMILES string of the molecule is NC(=O)c1cnc(N(C(=O)c2ccc(S(N)(=O)=O)cc2)C2CCCCCC2)s1. The van der Waals surface area contributed by atoms with Gasteiger partial charge in [0.25, 0.3) is 11.8 Å². The second kappa shape index (κ2) is 8.38. The van der Waals surface area contributed by atoms with Crippen molar-refractivity contribution in [1.29, 1.82) is 0 Å². The Morgan fingerprint density at radius 2 is 1.68 bits per heavy atom. The molecule has 0 saturated heterocycles. The molecule has 28 heavy (non-hydrogen) atoms. The number of amides is 2. The molecule has 0 unspecified atom stereocenters. The van der Waals surface area contributed by atoms with E-state index in [1.807, 2.05) is 0 Å². The minimum Gasteiger partial charge on any atom is -0.365 e. The number of aromatic nitrogens is 1. The maximum absolute atomic E-state index is 13.3. The van der Waals surface area contributed by atoms with Crippen LogP contribution in [0.15, 0.2) is 35.4 Å². The fraction of sp³-hybridized carbons (Fsp3) is 0.389. The fourth-order valence-electron chi connectivity index (χ4n) is 3.34. The van der Waals surface area contributed by atoms with Crippen LogP contribution in [0.25, 0.3) is 0 Å². The number of anilines is 1. The number of primary sulfonamides is 1. The summed E-state index contributed by atoms with van der Waals surface area (Å²) in [5.41, 5.74) is 5.66. The Bertz CT molecular complexity index is 962. The molecule has 1 aliphatic carbocycles. The van der Waals surface area contributed by atoms with Crippen molar-refractivity contribution in [3.63, 3.8) is 0 Å². The first-order chi connectivity index (χ1) is 13.3. The summed E-state index contributed by atoms with van der Waals surface area (Å²) in [6.45, 7) is 0. The van der Waals surface area contributed by atoms with Gasteiger partial charge in [-0.3, -0.25) is 14.5 Å². The van der Waals surface area contributed by atoms with Crippen LogP contribution in [-0.4, -0.2) is 31.3 Å². The number of carbonyl (C=O) groups is 2. The number of benzene rings is 1. The van der Waals surface area contributed by atoms with Crippen LogP contribution in [0, 0.1) is 0 Å². The van der Waals surface area contributed by atoms with Crippen LogP contribution in [0.3, 0.4) is 0 Å². The minimum absolute atomic E-state index is 0.0419. The van der Waals surface area contributed by atoms with E-state index in [-0.39, 0.29) is 21.7 Å². The lowest BCUT2D eigenvalue weighted by Gasteiger charge is -2.29. The van der Waals surface area contributed by atoms with Crippen molar-refractivity contribution in [2.75, 3.05) is 4.90 Å². The molecule has 8 nitrogen and oxygen atoms in total. The van der Waals surface area contributed by atoms with Gasteiger partial charge in [-0.1, -0.05) is 37.0 Å². The molecule has 1 heterocycles. The number of nitrogens with two attached hydrogens (primary N) is 2. The Morgan fingerprint density at radius 1 is 1.07 bits per heavy atom. The van der Waals surface area contributed by atoms with E-state index in [4.69, 9.17) is 10.9 Å². The van der Waals surface area contributed by atoms with E-state index in [0.29, 0.717) is 10.7 Å². The molecular formula is C18H22N4O4S2. The summed E-state index contributed by atoms with van der Waals surface area (Å²) in [6.07, 6.45) is 7.31. The van der Waals surface area contributed by atoms with E-state index in [1.165, 1.54) is 30.5 Å². The van der Waals surface area contributed by atoms with Crippen LogP contribution in [0.4, 0.5) is 5.13 Å². The highest BCUT2D eigenvalue weighted by molar-refractivity contribution is 7.89. The van der Waals surface area contributed by atoms with E-state index in [2.05, 4.69) is 4.98 Å². The van der Waals surface area contributed by atoms with E-state index in [9.17, 15) is 18.0 Å². The van der Waals surface area contributed by atoms with Gasteiger partial charge < -0.3 is 5.73 Å². The maximum atomic E-state index is 13.3. The first-order valence-electron chi connectivity index (χ1n) is 8.99. The summed E-state index contributed by atoms with van der Waals surface area (Å²) in [7, 11) is -3.84. The third kappa shape index (κ3) is 4.57. The first-order valence-corrected chi connectivity index (χ1v) is 11.4. The van der Waals surface area contributed by atoms with E-state index in [0.717, 1.165) is 49.9 Å². The number of sulfonamides is 1. The Hall–Kier alpha value is -2.30. The van der Waals surface area contributed by atoms with Crippen LogP contribution >= 0.6 is 11.3 Å². The van der Waals surface area contributed by atoms with E-state index < -0.39 is 15.9 Å². The number of primary amides is 1. The van der Waals surface area contributed by atoms with Crippen molar-refractivity contribution in [3.05, 3.63) is 40.9 Å².